The van der Waals surface area contributed by atoms with Crippen molar-refractivity contribution >= 4 is 17.5 Å². The summed E-state index contributed by atoms with van der Waals surface area (Å²) >= 11 is 0. The van der Waals surface area contributed by atoms with Gasteiger partial charge in [0.05, 0.1) is 30.2 Å². The molecule has 0 aliphatic carbocycles. The number of hydrogen-bond acceptors (Lipinski definition) is 6. The lowest BCUT2D eigenvalue weighted by molar-refractivity contribution is 0.0457. The zero-order valence-corrected chi connectivity index (χ0v) is 12.7. The van der Waals surface area contributed by atoms with Crippen molar-refractivity contribution in [3.05, 3.63) is 17.8 Å². The largest absolute Gasteiger partial charge is 0.462 e. The number of hydrogen-bond donors (Lipinski definition) is 1. The van der Waals surface area contributed by atoms with Gasteiger partial charge in [-0.1, -0.05) is 0 Å². The van der Waals surface area contributed by atoms with Crippen molar-refractivity contribution in [3.8, 4) is 0 Å². The number of piperidine rings is 1. The Morgan fingerprint density at radius 1 is 1.38 bits per heavy atom. The number of pyridine rings is 1. The van der Waals surface area contributed by atoms with E-state index < -0.39 is 5.97 Å². The number of nitrogens with two attached hydrogens (primary N) is 1. The van der Waals surface area contributed by atoms with Crippen molar-refractivity contribution in [1.29, 1.82) is 0 Å². The van der Waals surface area contributed by atoms with Gasteiger partial charge >= 0.3 is 5.97 Å². The zero-order valence-electron chi connectivity index (χ0n) is 12.7. The maximum atomic E-state index is 11.9. The first-order chi connectivity index (χ1) is 10.2. The van der Waals surface area contributed by atoms with Gasteiger partial charge in [-0.2, -0.15) is 0 Å². The molecule has 1 aliphatic heterocycles. The molecule has 0 aromatic carbocycles. The zero-order chi connectivity index (χ0) is 15.2. The fourth-order valence-electron chi connectivity index (χ4n) is 2.50. The predicted molar refractivity (Wildman–Crippen MR) is 81.5 cm³/mol. The number of anilines is 2. The van der Waals surface area contributed by atoms with Crippen LogP contribution in [0.4, 0.5) is 11.5 Å². The van der Waals surface area contributed by atoms with Gasteiger partial charge in [0.2, 0.25) is 0 Å². The van der Waals surface area contributed by atoms with E-state index in [0.29, 0.717) is 24.0 Å². The standard InChI is InChI=1S/C15H23N3O3/c1-3-20-11-5-7-18(8-6-11)14-9-12(13(16)10-17-14)15(19)21-4-2/h9-11H,3-8,16H2,1-2H3. The Labute approximate surface area is 125 Å². The van der Waals surface area contributed by atoms with Gasteiger partial charge in [0.1, 0.15) is 5.82 Å². The molecule has 6 heteroatoms. The number of nitrogens with zero attached hydrogens (tertiary/aromatic N) is 2. The van der Waals surface area contributed by atoms with Gasteiger partial charge in [-0.05, 0) is 32.8 Å². The Kier molecular flexibility index (Phi) is 5.38. The highest BCUT2D eigenvalue weighted by molar-refractivity contribution is 5.95. The molecule has 1 aliphatic rings. The van der Waals surface area contributed by atoms with Crippen LogP contribution in [0.15, 0.2) is 12.3 Å². The van der Waals surface area contributed by atoms with Crippen LogP contribution in [0.5, 0.6) is 0 Å². The number of rotatable bonds is 5. The summed E-state index contributed by atoms with van der Waals surface area (Å²) in [5.41, 5.74) is 6.54. The maximum absolute atomic E-state index is 11.9. The van der Waals surface area contributed by atoms with Crippen molar-refractivity contribution in [2.75, 3.05) is 36.9 Å². The number of ether oxygens (including phenoxy) is 2. The van der Waals surface area contributed by atoms with Gasteiger partial charge in [-0.25, -0.2) is 9.78 Å². The van der Waals surface area contributed by atoms with Gasteiger partial charge in [-0.3, -0.25) is 0 Å². The van der Waals surface area contributed by atoms with Crippen LogP contribution in [0.2, 0.25) is 0 Å². The number of nitrogen functional groups attached to an aromatic ring is 1. The summed E-state index contributed by atoms with van der Waals surface area (Å²) in [5, 5.41) is 0. The van der Waals surface area contributed by atoms with Crippen molar-refractivity contribution in [3.63, 3.8) is 0 Å². The monoisotopic (exact) mass is 293 g/mol. The maximum Gasteiger partial charge on any atom is 0.340 e. The topological polar surface area (TPSA) is 77.7 Å². The molecule has 21 heavy (non-hydrogen) atoms. The number of esters is 1. The minimum Gasteiger partial charge on any atom is -0.462 e. The van der Waals surface area contributed by atoms with Crippen molar-refractivity contribution in [2.24, 2.45) is 0 Å². The van der Waals surface area contributed by atoms with Crippen molar-refractivity contribution < 1.29 is 14.3 Å². The summed E-state index contributed by atoms with van der Waals surface area (Å²) in [5.74, 6) is 0.366. The lowest BCUT2D eigenvalue weighted by Gasteiger charge is -2.32. The second-order valence-corrected chi connectivity index (χ2v) is 4.99. The minimum atomic E-state index is -0.400. The second kappa shape index (κ2) is 7.26. The van der Waals surface area contributed by atoms with Crippen LogP contribution in [0.1, 0.15) is 37.0 Å². The molecule has 2 N–H and O–H groups in total. The summed E-state index contributed by atoms with van der Waals surface area (Å²) in [6.07, 6.45) is 3.78. The highest BCUT2D eigenvalue weighted by Crippen LogP contribution is 2.23. The van der Waals surface area contributed by atoms with E-state index in [1.54, 1.807) is 13.0 Å². The number of carbonyl (C=O) groups is 1. The van der Waals surface area contributed by atoms with Gasteiger partial charge in [0.15, 0.2) is 0 Å². The van der Waals surface area contributed by atoms with E-state index in [1.165, 1.54) is 6.20 Å². The molecular weight excluding hydrogens is 270 g/mol. The number of aromatic nitrogens is 1. The molecule has 0 atom stereocenters. The van der Waals surface area contributed by atoms with Crippen LogP contribution in [-0.2, 0) is 9.47 Å². The van der Waals surface area contributed by atoms with E-state index >= 15 is 0 Å². The first kappa shape index (κ1) is 15.6. The van der Waals surface area contributed by atoms with Crippen LogP contribution in [0.3, 0.4) is 0 Å². The number of carbonyl (C=O) groups excluding carboxylic acids is 1. The van der Waals surface area contributed by atoms with E-state index in [-0.39, 0.29) is 0 Å². The molecular formula is C15H23N3O3. The van der Waals surface area contributed by atoms with Gasteiger partial charge < -0.3 is 20.1 Å². The molecule has 1 fully saturated rings. The van der Waals surface area contributed by atoms with E-state index in [1.807, 2.05) is 6.92 Å². The molecule has 0 saturated carbocycles. The molecule has 0 radical (unpaired) electrons. The Morgan fingerprint density at radius 2 is 2.10 bits per heavy atom. The molecule has 0 bridgehead atoms. The Bertz CT molecular complexity index is 485. The van der Waals surface area contributed by atoms with E-state index in [0.717, 1.165) is 38.4 Å². The first-order valence-corrected chi connectivity index (χ1v) is 7.44. The Morgan fingerprint density at radius 3 is 2.71 bits per heavy atom. The third kappa shape index (κ3) is 3.85. The lowest BCUT2D eigenvalue weighted by Crippen LogP contribution is -2.37. The molecule has 0 spiro atoms. The molecule has 2 rings (SSSR count). The van der Waals surface area contributed by atoms with Gasteiger partial charge in [0, 0.05) is 19.7 Å². The average molecular weight is 293 g/mol. The van der Waals surface area contributed by atoms with E-state index in [4.69, 9.17) is 15.2 Å². The SMILES string of the molecule is CCOC(=O)c1cc(N2CCC(OCC)CC2)ncc1N. The summed E-state index contributed by atoms with van der Waals surface area (Å²) in [6.45, 7) is 6.59. The molecule has 6 nitrogen and oxygen atoms in total. The normalized spacial score (nSPS) is 16.0. The molecule has 2 heterocycles. The van der Waals surface area contributed by atoms with Crippen LogP contribution < -0.4 is 10.6 Å². The third-order valence-corrected chi connectivity index (χ3v) is 3.58. The summed E-state index contributed by atoms with van der Waals surface area (Å²) in [4.78, 5) is 18.3. The van der Waals surface area contributed by atoms with E-state index in [9.17, 15) is 4.79 Å². The second-order valence-electron chi connectivity index (χ2n) is 4.99. The molecule has 1 aromatic rings. The molecule has 116 valence electrons. The fraction of sp³-hybridized carbons (Fsp3) is 0.600. The van der Waals surface area contributed by atoms with Crippen molar-refractivity contribution in [1.82, 2.24) is 4.98 Å². The lowest BCUT2D eigenvalue weighted by atomic mass is 10.1. The van der Waals surface area contributed by atoms with Gasteiger partial charge in [0.25, 0.3) is 0 Å². The Hall–Kier alpha value is -1.82. The minimum absolute atomic E-state index is 0.324. The highest BCUT2D eigenvalue weighted by atomic mass is 16.5. The van der Waals surface area contributed by atoms with Crippen LogP contribution >= 0.6 is 0 Å². The highest BCUT2D eigenvalue weighted by Gasteiger charge is 2.22. The Balaban J connectivity index is 2.07. The van der Waals surface area contributed by atoms with Crippen molar-refractivity contribution in [2.45, 2.75) is 32.8 Å². The molecule has 0 amide bonds. The summed E-state index contributed by atoms with van der Waals surface area (Å²) in [6, 6.07) is 1.72. The predicted octanol–water partition coefficient (Wildman–Crippen LogP) is 1.85. The van der Waals surface area contributed by atoms with Gasteiger partial charge in [-0.15, -0.1) is 0 Å². The van der Waals surface area contributed by atoms with Crippen LogP contribution in [0.25, 0.3) is 0 Å². The summed E-state index contributed by atoms with van der Waals surface area (Å²) < 4.78 is 10.7. The third-order valence-electron chi connectivity index (χ3n) is 3.58. The van der Waals surface area contributed by atoms with Crippen LogP contribution in [-0.4, -0.2) is 43.4 Å². The average Bonchev–Trinajstić information content (AvgIpc) is 2.49. The summed E-state index contributed by atoms with van der Waals surface area (Å²) in [7, 11) is 0. The fourth-order valence-corrected chi connectivity index (χ4v) is 2.50. The van der Waals surface area contributed by atoms with E-state index in [2.05, 4.69) is 9.88 Å². The van der Waals surface area contributed by atoms with Crippen LogP contribution in [0, 0.1) is 0 Å². The quantitative estimate of drug-likeness (QED) is 0.835. The molecule has 0 unspecified atom stereocenters. The first-order valence-electron chi connectivity index (χ1n) is 7.44. The smallest absolute Gasteiger partial charge is 0.340 e. The molecule has 1 aromatic heterocycles. The molecule has 1 saturated heterocycles.